The van der Waals surface area contributed by atoms with Crippen LogP contribution < -0.4 is 10.9 Å². The quantitative estimate of drug-likeness (QED) is 0.381. The number of nitrogens with zero attached hydrogens (tertiary/aromatic N) is 6. The maximum Gasteiger partial charge on any atom is 0.251 e. The van der Waals surface area contributed by atoms with Gasteiger partial charge < -0.3 is 0 Å². The smallest absolute Gasteiger partial charge is 0.251 e. The third-order valence-electron chi connectivity index (χ3n) is 5.28. The molecule has 3 N–H and O–H groups in total. The Balaban J connectivity index is 1.39. The van der Waals surface area contributed by atoms with Gasteiger partial charge in [0.2, 0.25) is 0 Å². The Hall–Kier alpha value is -2.76. The number of alkyl halides is 2. The van der Waals surface area contributed by atoms with Crippen molar-refractivity contribution in [3.63, 3.8) is 0 Å². The van der Waals surface area contributed by atoms with Crippen LogP contribution >= 0.6 is 11.5 Å². The van der Waals surface area contributed by atoms with Crippen molar-refractivity contribution in [3.8, 4) is 0 Å². The molecule has 0 aliphatic heterocycles. The van der Waals surface area contributed by atoms with Crippen molar-refractivity contribution >= 4 is 44.3 Å². The summed E-state index contributed by atoms with van der Waals surface area (Å²) in [7, 11) is 1.85. The SMILES string of the molecule is CN(Cc1nsc2cc(N(N)c3n[nH]c4ncccc34)cnc12)C1CC(F)(F)C1. The molecule has 0 atom stereocenters. The van der Waals surface area contributed by atoms with Crippen LogP contribution in [0.15, 0.2) is 30.6 Å². The molecule has 4 aromatic rings. The largest absolute Gasteiger partial charge is 0.297 e. The predicted molar refractivity (Wildman–Crippen MR) is 107 cm³/mol. The molecule has 0 aromatic carbocycles. The van der Waals surface area contributed by atoms with Gasteiger partial charge in [-0.1, -0.05) is 0 Å². The van der Waals surface area contributed by atoms with Crippen molar-refractivity contribution in [1.82, 2.24) is 29.4 Å². The van der Waals surface area contributed by atoms with Crippen LogP contribution in [0.25, 0.3) is 21.3 Å². The second kappa shape index (κ2) is 6.65. The number of pyridine rings is 2. The highest BCUT2D eigenvalue weighted by atomic mass is 32.1. The lowest BCUT2D eigenvalue weighted by Gasteiger charge is -2.40. The highest BCUT2D eigenvalue weighted by Crippen LogP contribution is 2.40. The molecule has 150 valence electrons. The first-order chi connectivity index (χ1) is 13.9. The summed E-state index contributed by atoms with van der Waals surface area (Å²) in [6, 6.07) is 5.48. The molecule has 1 fully saturated rings. The maximum atomic E-state index is 13.1. The number of aromatic amines is 1. The van der Waals surface area contributed by atoms with E-state index in [1.165, 1.54) is 16.5 Å². The van der Waals surface area contributed by atoms with Gasteiger partial charge in [0.25, 0.3) is 5.92 Å². The zero-order valence-corrected chi connectivity index (χ0v) is 16.3. The number of hydrogen-bond acceptors (Lipinski definition) is 8. The second-order valence-corrected chi connectivity index (χ2v) is 8.12. The summed E-state index contributed by atoms with van der Waals surface area (Å²) in [5.74, 6) is 4.30. The lowest BCUT2D eigenvalue weighted by atomic mass is 9.87. The van der Waals surface area contributed by atoms with Crippen molar-refractivity contribution in [2.75, 3.05) is 12.1 Å². The lowest BCUT2D eigenvalue weighted by molar-refractivity contribution is -0.121. The van der Waals surface area contributed by atoms with E-state index >= 15 is 0 Å². The minimum Gasteiger partial charge on any atom is -0.297 e. The van der Waals surface area contributed by atoms with E-state index in [0.29, 0.717) is 23.7 Å². The monoisotopic (exact) mass is 416 g/mol. The molecule has 4 aromatic heterocycles. The Labute approximate surface area is 168 Å². The van der Waals surface area contributed by atoms with Crippen molar-refractivity contribution < 1.29 is 8.78 Å². The molecule has 4 heterocycles. The summed E-state index contributed by atoms with van der Waals surface area (Å²) in [6.45, 7) is 0.481. The van der Waals surface area contributed by atoms with Gasteiger partial charge in [0, 0.05) is 31.6 Å². The van der Waals surface area contributed by atoms with E-state index in [2.05, 4.69) is 24.5 Å². The highest BCUT2D eigenvalue weighted by Gasteiger charge is 2.47. The van der Waals surface area contributed by atoms with Crippen molar-refractivity contribution in [1.29, 1.82) is 0 Å². The third kappa shape index (κ3) is 3.20. The number of anilines is 2. The van der Waals surface area contributed by atoms with Crippen LogP contribution in [0.3, 0.4) is 0 Å². The fraction of sp³-hybridized carbons (Fsp3) is 0.333. The van der Waals surface area contributed by atoms with Crippen molar-refractivity contribution in [2.45, 2.75) is 31.4 Å². The maximum absolute atomic E-state index is 13.1. The molecular formula is C18H18F2N8S. The van der Waals surface area contributed by atoms with Gasteiger partial charge >= 0.3 is 0 Å². The molecule has 29 heavy (non-hydrogen) atoms. The van der Waals surface area contributed by atoms with E-state index in [-0.39, 0.29) is 18.9 Å². The number of aromatic nitrogens is 5. The minimum atomic E-state index is -2.53. The van der Waals surface area contributed by atoms with Crippen LogP contribution in [0, 0.1) is 0 Å². The van der Waals surface area contributed by atoms with Crippen molar-refractivity contribution in [2.24, 2.45) is 5.84 Å². The Morgan fingerprint density at radius 2 is 2.17 bits per heavy atom. The molecular weight excluding hydrogens is 398 g/mol. The van der Waals surface area contributed by atoms with Gasteiger partial charge in [-0.15, -0.1) is 0 Å². The zero-order chi connectivity index (χ0) is 20.2. The average molecular weight is 416 g/mol. The summed E-state index contributed by atoms with van der Waals surface area (Å²) >= 11 is 1.32. The number of nitrogens with two attached hydrogens (primary N) is 1. The zero-order valence-electron chi connectivity index (χ0n) is 15.5. The van der Waals surface area contributed by atoms with E-state index in [9.17, 15) is 8.78 Å². The molecule has 1 saturated carbocycles. The number of H-pyrrole nitrogens is 1. The Morgan fingerprint density at radius 1 is 1.34 bits per heavy atom. The Kier molecular flexibility index (Phi) is 4.19. The van der Waals surface area contributed by atoms with E-state index in [1.54, 1.807) is 12.4 Å². The fourth-order valence-electron chi connectivity index (χ4n) is 3.56. The van der Waals surface area contributed by atoms with E-state index in [4.69, 9.17) is 5.84 Å². The number of rotatable bonds is 5. The molecule has 5 rings (SSSR count). The number of nitrogens with one attached hydrogen (secondary N) is 1. The van der Waals surface area contributed by atoms with Crippen molar-refractivity contribution in [3.05, 3.63) is 36.3 Å². The highest BCUT2D eigenvalue weighted by molar-refractivity contribution is 7.13. The first-order valence-corrected chi connectivity index (χ1v) is 9.85. The summed E-state index contributed by atoms with van der Waals surface area (Å²) in [5, 5.41) is 9.36. The summed E-state index contributed by atoms with van der Waals surface area (Å²) < 4.78 is 31.6. The molecule has 1 aliphatic rings. The first kappa shape index (κ1) is 18.3. The molecule has 0 amide bonds. The fourth-order valence-corrected chi connectivity index (χ4v) is 4.34. The summed E-state index contributed by atoms with van der Waals surface area (Å²) in [5.41, 5.74) is 2.86. The lowest BCUT2D eigenvalue weighted by Crippen LogP contribution is -2.48. The van der Waals surface area contributed by atoms with Crippen LogP contribution in [0.2, 0.25) is 0 Å². The molecule has 0 radical (unpaired) electrons. The van der Waals surface area contributed by atoms with Gasteiger partial charge in [-0.25, -0.2) is 19.6 Å². The van der Waals surface area contributed by atoms with Crippen LogP contribution in [0.4, 0.5) is 20.3 Å². The number of fused-ring (bicyclic) bond motifs is 2. The van der Waals surface area contributed by atoms with Gasteiger partial charge in [-0.2, -0.15) is 9.47 Å². The van der Waals surface area contributed by atoms with Gasteiger partial charge in [0.15, 0.2) is 11.5 Å². The third-order valence-corrected chi connectivity index (χ3v) is 6.10. The molecule has 0 bridgehead atoms. The average Bonchev–Trinajstić information content (AvgIpc) is 3.29. The van der Waals surface area contributed by atoms with Gasteiger partial charge in [0.05, 0.1) is 27.7 Å². The Bertz CT molecular complexity index is 1180. The topological polar surface area (TPSA) is 99.8 Å². The van der Waals surface area contributed by atoms with Gasteiger partial charge in [-0.05, 0) is 36.8 Å². The van der Waals surface area contributed by atoms with E-state index in [1.807, 2.05) is 30.1 Å². The van der Waals surface area contributed by atoms with E-state index in [0.717, 1.165) is 21.3 Å². The first-order valence-electron chi connectivity index (χ1n) is 9.07. The van der Waals surface area contributed by atoms with Crippen LogP contribution in [0.5, 0.6) is 0 Å². The molecule has 1 aliphatic carbocycles. The molecule has 0 saturated heterocycles. The second-order valence-electron chi connectivity index (χ2n) is 7.32. The number of hydrogen-bond donors (Lipinski definition) is 2. The summed E-state index contributed by atoms with van der Waals surface area (Å²) in [4.78, 5) is 10.7. The molecule has 0 unspecified atom stereocenters. The standard InChI is InChI=1S/C18H18F2N8S/c1-27(11-6-18(19,20)7-11)9-13-15-14(29-26-13)5-10(8-23-15)28(21)17-12-3-2-4-22-16(12)24-25-17/h2-5,8,11H,6-7,9,21H2,1H3,(H,22,24,25). The molecule has 0 spiro atoms. The summed E-state index contributed by atoms with van der Waals surface area (Å²) in [6.07, 6.45) is 3.14. The minimum absolute atomic E-state index is 0.0994. The van der Waals surface area contributed by atoms with E-state index < -0.39 is 5.92 Å². The number of halogens is 2. The van der Waals surface area contributed by atoms with Gasteiger partial charge in [0.1, 0.15) is 5.52 Å². The number of hydrazine groups is 1. The molecule has 11 heteroatoms. The van der Waals surface area contributed by atoms with Crippen LogP contribution in [-0.4, -0.2) is 48.5 Å². The predicted octanol–water partition coefficient (Wildman–Crippen LogP) is 3.20. The van der Waals surface area contributed by atoms with Crippen LogP contribution in [0.1, 0.15) is 18.5 Å². The van der Waals surface area contributed by atoms with Gasteiger partial charge in [-0.3, -0.25) is 20.0 Å². The normalized spacial score (nSPS) is 16.6. The Morgan fingerprint density at radius 3 is 2.97 bits per heavy atom. The van der Waals surface area contributed by atoms with Crippen LogP contribution in [-0.2, 0) is 6.54 Å². The molecule has 8 nitrogen and oxygen atoms in total.